The molecule has 0 aromatic heterocycles. The van der Waals surface area contributed by atoms with Crippen molar-refractivity contribution in [2.24, 2.45) is 0 Å². The molecule has 0 heterocycles. The minimum Gasteiger partial charge on any atom is -0.870 e. The molecule has 0 radical (unpaired) electrons. The number of hydrogen-bond acceptors (Lipinski definition) is 2. The van der Waals surface area contributed by atoms with E-state index in [2.05, 4.69) is 0 Å². The molecular weight excluding hydrogens is 122 g/mol. The van der Waals surface area contributed by atoms with Crippen molar-refractivity contribution < 1.29 is 50.0 Å². The maximum atomic E-state index is 8.56. The van der Waals surface area contributed by atoms with Crippen molar-refractivity contribution in [1.29, 1.82) is 0 Å². The molecule has 0 fully saturated rings. The van der Waals surface area contributed by atoms with Gasteiger partial charge in [0, 0.05) is 0 Å². The molecule has 0 bridgehead atoms. The largest absolute Gasteiger partial charge is 0.870 e. The van der Waals surface area contributed by atoms with E-state index < -0.39 is 6.16 Å². The van der Waals surface area contributed by atoms with E-state index in [9.17, 15) is 0 Å². The molecular formula is CH4Na2O4. The van der Waals surface area contributed by atoms with Crippen LogP contribution in [0.1, 0.15) is 0 Å². The molecule has 7 heavy (non-hydrogen) atoms. The maximum Gasteiger partial charge on any atom is -0.870 e. The molecule has 0 aliphatic carbocycles. The molecule has 0 unspecified atom stereocenters. The molecule has 0 amide bonds. The Morgan fingerprint density at radius 1 is 1.29 bits per heavy atom. The van der Waals surface area contributed by atoms with Gasteiger partial charge < -0.3 is 15.7 Å². The van der Waals surface area contributed by atoms with Gasteiger partial charge in [-0.2, -0.15) is 0 Å². The first-order chi connectivity index (χ1) is 1.73. The first-order valence-electron chi connectivity index (χ1n) is 0.651. The summed E-state index contributed by atoms with van der Waals surface area (Å²) in [5.74, 6) is 0. The van der Waals surface area contributed by atoms with Gasteiger partial charge in [0.1, 0.15) is 0 Å². The molecule has 0 saturated carbocycles. The molecule has 0 aliphatic rings. The summed E-state index contributed by atoms with van der Waals surface area (Å²) >= 11 is 0. The first-order valence-corrected chi connectivity index (χ1v) is 0.651. The number of carbonyl (C=O) groups is 1. The normalized spacial score (nSPS) is 3.43. The van der Waals surface area contributed by atoms with Crippen LogP contribution in [0.3, 0.4) is 0 Å². The van der Waals surface area contributed by atoms with Gasteiger partial charge in [-0.15, -0.1) is 0 Å². The third kappa shape index (κ3) is 131. The van der Waals surface area contributed by atoms with Crippen LogP contribution >= 0.6 is 0 Å². The van der Waals surface area contributed by atoms with Crippen molar-refractivity contribution >= 4 is 35.7 Å². The molecule has 3 N–H and O–H groups in total. The number of carboxylic acid groups (broad SMARTS) is 2. The van der Waals surface area contributed by atoms with E-state index in [1.807, 2.05) is 0 Å². The van der Waals surface area contributed by atoms with Crippen molar-refractivity contribution in [2.45, 2.75) is 0 Å². The Hall–Kier alpha value is 1.23. The van der Waals surface area contributed by atoms with Gasteiger partial charge in [0.25, 0.3) is 0 Å². The molecule has 0 atom stereocenters. The molecule has 4 nitrogen and oxygen atoms in total. The summed E-state index contributed by atoms with van der Waals surface area (Å²) in [5, 5.41) is 13.9. The topological polar surface area (TPSA) is 87.5 Å². The van der Waals surface area contributed by atoms with Crippen LogP contribution < -0.4 is 29.6 Å². The van der Waals surface area contributed by atoms with Gasteiger partial charge in [0.15, 0.2) is 0 Å². The summed E-state index contributed by atoms with van der Waals surface area (Å²) in [6.07, 6.45) is -1.83. The van der Waals surface area contributed by atoms with Crippen molar-refractivity contribution in [3.63, 3.8) is 0 Å². The van der Waals surface area contributed by atoms with Crippen LogP contribution in [0, 0.1) is 0 Å². The summed E-state index contributed by atoms with van der Waals surface area (Å²) in [6.45, 7) is 0. The molecule has 34 valence electrons. The molecule has 0 aliphatic heterocycles. The summed E-state index contributed by atoms with van der Waals surface area (Å²) in [5.41, 5.74) is 0. The van der Waals surface area contributed by atoms with Crippen LogP contribution in [0.4, 0.5) is 4.79 Å². The van der Waals surface area contributed by atoms with E-state index >= 15 is 0 Å². The van der Waals surface area contributed by atoms with Crippen LogP contribution in [0.2, 0.25) is 0 Å². The second-order valence-electron chi connectivity index (χ2n) is 0.283. The van der Waals surface area contributed by atoms with Gasteiger partial charge in [-0.05, 0) is 0 Å². The third-order valence-electron chi connectivity index (χ3n) is 0. The molecule has 0 spiro atoms. The second kappa shape index (κ2) is 15.7. The Kier molecular flexibility index (Phi) is 53.9. The standard InChI is InChI=1S/CH2O3.2Na.H2O.H/c2-1(3)4;;;;/h(H2,2,3,4);;;1H2;/q;;+1;;/p-1. The van der Waals surface area contributed by atoms with Gasteiger partial charge in [0.2, 0.25) is 0 Å². The van der Waals surface area contributed by atoms with E-state index in [-0.39, 0.29) is 64.6 Å². The molecule has 0 saturated heterocycles. The fraction of sp³-hybridized carbons (Fsp3) is 0. The maximum absolute atomic E-state index is 8.56. The Morgan fingerprint density at radius 3 is 1.29 bits per heavy atom. The molecule has 0 aromatic carbocycles. The van der Waals surface area contributed by atoms with Crippen molar-refractivity contribution in [1.82, 2.24) is 0 Å². The van der Waals surface area contributed by atoms with Crippen molar-refractivity contribution in [3.8, 4) is 0 Å². The minimum atomic E-state index is -1.83. The van der Waals surface area contributed by atoms with Crippen LogP contribution in [0.5, 0.6) is 0 Å². The zero-order valence-corrected chi connectivity index (χ0v) is 5.25. The van der Waals surface area contributed by atoms with E-state index in [0.717, 1.165) is 0 Å². The Morgan fingerprint density at radius 2 is 1.29 bits per heavy atom. The third-order valence-corrected chi connectivity index (χ3v) is 0. The summed E-state index contributed by atoms with van der Waals surface area (Å²) < 4.78 is 0. The van der Waals surface area contributed by atoms with E-state index in [4.69, 9.17) is 15.0 Å². The average molecular weight is 126 g/mol. The van der Waals surface area contributed by atoms with Gasteiger partial charge in [-0.1, -0.05) is 0 Å². The predicted octanol–water partition coefficient (Wildman–Crippen LogP) is -3.60. The SMILES string of the molecule is O=C(O)O.[Na+].[NaH].[OH-]. The van der Waals surface area contributed by atoms with E-state index in [1.165, 1.54) is 0 Å². The summed E-state index contributed by atoms with van der Waals surface area (Å²) in [7, 11) is 0. The number of hydrogen-bond donors (Lipinski definition) is 2. The monoisotopic (exact) mass is 126 g/mol. The summed E-state index contributed by atoms with van der Waals surface area (Å²) in [4.78, 5) is 8.56. The molecule has 6 heteroatoms. The van der Waals surface area contributed by atoms with Crippen molar-refractivity contribution in [3.05, 3.63) is 0 Å². The van der Waals surface area contributed by atoms with Gasteiger partial charge in [0.05, 0.1) is 0 Å². The average Bonchev–Trinajstić information content (AvgIpc) is 0.811. The van der Waals surface area contributed by atoms with Gasteiger partial charge >= 0.3 is 65.3 Å². The smallest absolute Gasteiger partial charge is 0.870 e. The second-order valence-corrected chi connectivity index (χ2v) is 0.283. The number of rotatable bonds is 0. The molecule has 0 aromatic rings. The minimum absolute atomic E-state index is 0. The fourth-order valence-electron chi connectivity index (χ4n) is 0. The quantitative estimate of drug-likeness (QED) is 0.328. The Labute approximate surface area is 84.8 Å². The zero-order valence-electron chi connectivity index (χ0n) is 3.25. The fourth-order valence-corrected chi connectivity index (χ4v) is 0. The van der Waals surface area contributed by atoms with Crippen LogP contribution in [-0.4, -0.2) is 51.4 Å². The van der Waals surface area contributed by atoms with Gasteiger partial charge in [-0.25, -0.2) is 4.79 Å². The predicted molar refractivity (Wildman–Crippen MR) is 19.7 cm³/mol. The van der Waals surface area contributed by atoms with E-state index in [1.54, 1.807) is 0 Å². The first kappa shape index (κ1) is 24.0. The Bertz CT molecular complexity index is 32.7. The molecule has 0 rings (SSSR count). The van der Waals surface area contributed by atoms with Crippen LogP contribution in [-0.2, 0) is 0 Å². The van der Waals surface area contributed by atoms with Crippen LogP contribution in [0.15, 0.2) is 0 Å². The van der Waals surface area contributed by atoms with Crippen LogP contribution in [0.25, 0.3) is 0 Å². The van der Waals surface area contributed by atoms with E-state index in [0.29, 0.717) is 0 Å². The summed E-state index contributed by atoms with van der Waals surface area (Å²) in [6, 6.07) is 0. The Balaban J connectivity index is -0.0000000150. The zero-order chi connectivity index (χ0) is 3.58. The van der Waals surface area contributed by atoms with Gasteiger partial charge in [-0.3, -0.25) is 0 Å². The van der Waals surface area contributed by atoms with Crippen molar-refractivity contribution in [2.75, 3.05) is 0 Å².